The molecule has 1 aliphatic rings. The summed E-state index contributed by atoms with van der Waals surface area (Å²) in [5.74, 6) is 1.26. The number of aromatic nitrogens is 2. The number of benzene rings is 1. The van der Waals surface area contributed by atoms with Crippen molar-refractivity contribution in [3.05, 3.63) is 36.2 Å². The number of nitrogens with two attached hydrogens (primary N) is 1. The lowest BCUT2D eigenvalue weighted by Crippen LogP contribution is -2.09. The fraction of sp³-hybridized carbons (Fsp3) is 0.231. The molecule has 2 aromatic rings. The van der Waals surface area contributed by atoms with Gasteiger partial charge in [-0.2, -0.15) is 0 Å². The molecule has 86 valence electrons. The molecule has 0 fully saturated rings. The van der Waals surface area contributed by atoms with Gasteiger partial charge >= 0.3 is 0 Å². The van der Waals surface area contributed by atoms with Gasteiger partial charge in [0.1, 0.15) is 5.75 Å². The summed E-state index contributed by atoms with van der Waals surface area (Å²) in [6.45, 7) is 0.778. The van der Waals surface area contributed by atoms with Gasteiger partial charge < -0.3 is 10.5 Å². The summed E-state index contributed by atoms with van der Waals surface area (Å²) >= 11 is 0. The standard InChI is InChI=1S/C13H13N3O/c14-13-15-7-10(8-16-13)11-5-1-3-9-4-2-6-17-12(9)11/h1,3,5,7-8H,2,4,6H2,(H2,14,15,16). The maximum absolute atomic E-state index is 5.75. The summed E-state index contributed by atoms with van der Waals surface area (Å²) in [6, 6.07) is 6.17. The number of ether oxygens (including phenoxy) is 1. The van der Waals surface area contributed by atoms with E-state index in [1.165, 1.54) is 5.56 Å². The normalized spacial score (nSPS) is 13.9. The van der Waals surface area contributed by atoms with Crippen LogP contribution in [0, 0.1) is 0 Å². The number of hydrogen-bond acceptors (Lipinski definition) is 4. The van der Waals surface area contributed by atoms with Crippen LogP contribution >= 0.6 is 0 Å². The Morgan fingerprint density at radius 1 is 1.18 bits per heavy atom. The van der Waals surface area contributed by atoms with Crippen LogP contribution in [0.5, 0.6) is 5.75 Å². The van der Waals surface area contributed by atoms with E-state index >= 15 is 0 Å². The van der Waals surface area contributed by atoms with Crippen molar-refractivity contribution >= 4 is 5.95 Å². The number of para-hydroxylation sites is 1. The molecule has 0 saturated carbocycles. The first-order chi connectivity index (χ1) is 8.34. The van der Waals surface area contributed by atoms with Gasteiger partial charge in [-0.15, -0.1) is 0 Å². The van der Waals surface area contributed by atoms with Gasteiger partial charge in [-0.25, -0.2) is 9.97 Å². The summed E-state index contributed by atoms with van der Waals surface area (Å²) in [5.41, 5.74) is 8.73. The maximum Gasteiger partial charge on any atom is 0.219 e. The summed E-state index contributed by atoms with van der Waals surface area (Å²) < 4.78 is 5.75. The molecular formula is C13H13N3O. The Hall–Kier alpha value is -2.10. The van der Waals surface area contributed by atoms with Gasteiger partial charge in [0.05, 0.1) is 6.61 Å². The van der Waals surface area contributed by atoms with Crippen molar-refractivity contribution in [2.45, 2.75) is 12.8 Å². The predicted octanol–water partition coefficient (Wildman–Crippen LogP) is 2.05. The molecule has 4 heteroatoms. The highest BCUT2D eigenvalue weighted by atomic mass is 16.5. The molecule has 17 heavy (non-hydrogen) atoms. The minimum atomic E-state index is 0.291. The molecule has 2 N–H and O–H groups in total. The molecule has 4 nitrogen and oxygen atoms in total. The number of aryl methyl sites for hydroxylation is 1. The molecule has 3 rings (SSSR count). The van der Waals surface area contributed by atoms with Crippen LogP contribution in [0.4, 0.5) is 5.95 Å². The Labute approximate surface area is 99.5 Å². The molecule has 0 bridgehead atoms. The summed E-state index contributed by atoms with van der Waals surface area (Å²) in [7, 11) is 0. The molecule has 0 atom stereocenters. The van der Waals surface area contributed by atoms with Gasteiger partial charge in [0.2, 0.25) is 5.95 Å². The molecule has 1 aromatic heterocycles. The Balaban J connectivity index is 2.11. The third-order valence-corrected chi connectivity index (χ3v) is 2.92. The van der Waals surface area contributed by atoms with Crippen molar-refractivity contribution in [1.29, 1.82) is 0 Å². The number of nitrogens with zero attached hydrogens (tertiary/aromatic N) is 2. The van der Waals surface area contributed by atoms with Crippen LogP contribution in [0.1, 0.15) is 12.0 Å². The summed E-state index contributed by atoms with van der Waals surface area (Å²) in [6.07, 6.45) is 5.61. The van der Waals surface area contributed by atoms with Gasteiger partial charge in [0.15, 0.2) is 0 Å². The van der Waals surface area contributed by atoms with E-state index in [1.807, 2.05) is 12.1 Å². The van der Waals surface area contributed by atoms with Gasteiger partial charge in [0.25, 0.3) is 0 Å². The van der Waals surface area contributed by atoms with E-state index in [0.29, 0.717) is 5.95 Å². The smallest absolute Gasteiger partial charge is 0.219 e. The number of hydrogen-bond donors (Lipinski definition) is 1. The van der Waals surface area contributed by atoms with Crippen molar-refractivity contribution in [1.82, 2.24) is 9.97 Å². The Morgan fingerprint density at radius 3 is 2.82 bits per heavy atom. The van der Waals surface area contributed by atoms with Crippen LogP contribution in [0.25, 0.3) is 11.1 Å². The highest BCUT2D eigenvalue weighted by Crippen LogP contribution is 2.35. The van der Waals surface area contributed by atoms with Gasteiger partial charge in [0, 0.05) is 23.5 Å². The third-order valence-electron chi connectivity index (χ3n) is 2.92. The van der Waals surface area contributed by atoms with Crippen molar-refractivity contribution in [3.63, 3.8) is 0 Å². The van der Waals surface area contributed by atoms with Crippen LogP contribution in [-0.2, 0) is 6.42 Å². The van der Waals surface area contributed by atoms with E-state index in [-0.39, 0.29) is 0 Å². The second-order valence-corrected chi connectivity index (χ2v) is 4.08. The minimum absolute atomic E-state index is 0.291. The Kier molecular flexibility index (Phi) is 2.40. The van der Waals surface area contributed by atoms with Crippen LogP contribution in [0.3, 0.4) is 0 Å². The second kappa shape index (κ2) is 4.05. The molecule has 0 radical (unpaired) electrons. The molecule has 0 saturated heterocycles. The second-order valence-electron chi connectivity index (χ2n) is 4.08. The topological polar surface area (TPSA) is 61.0 Å². The number of anilines is 1. The first-order valence-corrected chi connectivity index (χ1v) is 5.67. The molecule has 2 heterocycles. The lowest BCUT2D eigenvalue weighted by molar-refractivity contribution is 0.289. The quantitative estimate of drug-likeness (QED) is 0.810. The fourth-order valence-corrected chi connectivity index (χ4v) is 2.09. The monoisotopic (exact) mass is 227 g/mol. The van der Waals surface area contributed by atoms with E-state index in [2.05, 4.69) is 16.0 Å². The SMILES string of the molecule is Nc1ncc(-c2cccc3c2OCCC3)cn1. The average Bonchev–Trinajstić information content (AvgIpc) is 2.39. The highest BCUT2D eigenvalue weighted by molar-refractivity contribution is 5.71. The van der Waals surface area contributed by atoms with E-state index in [0.717, 1.165) is 36.3 Å². The molecule has 0 spiro atoms. The molecule has 1 aromatic carbocycles. The molecule has 1 aliphatic heterocycles. The van der Waals surface area contributed by atoms with E-state index < -0.39 is 0 Å². The zero-order valence-electron chi connectivity index (χ0n) is 9.39. The fourth-order valence-electron chi connectivity index (χ4n) is 2.09. The average molecular weight is 227 g/mol. The summed E-state index contributed by atoms with van der Waals surface area (Å²) in [4.78, 5) is 8.03. The van der Waals surface area contributed by atoms with Gasteiger partial charge in [-0.05, 0) is 18.4 Å². The molecular weight excluding hydrogens is 214 g/mol. The van der Waals surface area contributed by atoms with Crippen molar-refractivity contribution in [2.24, 2.45) is 0 Å². The number of rotatable bonds is 1. The Morgan fingerprint density at radius 2 is 2.00 bits per heavy atom. The van der Waals surface area contributed by atoms with Crippen LogP contribution in [-0.4, -0.2) is 16.6 Å². The molecule has 0 amide bonds. The van der Waals surface area contributed by atoms with E-state index in [4.69, 9.17) is 10.5 Å². The zero-order valence-corrected chi connectivity index (χ0v) is 9.39. The van der Waals surface area contributed by atoms with Gasteiger partial charge in [-0.1, -0.05) is 18.2 Å². The van der Waals surface area contributed by atoms with Gasteiger partial charge in [-0.3, -0.25) is 0 Å². The van der Waals surface area contributed by atoms with Crippen LogP contribution in [0.2, 0.25) is 0 Å². The van der Waals surface area contributed by atoms with Crippen molar-refractivity contribution in [3.8, 4) is 16.9 Å². The predicted molar refractivity (Wildman–Crippen MR) is 65.7 cm³/mol. The highest BCUT2D eigenvalue weighted by Gasteiger charge is 2.15. The lowest BCUT2D eigenvalue weighted by Gasteiger charge is -2.20. The minimum Gasteiger partial charge on any atom is -0.493 e. The first kappa shape index (κ1) is 10.1. The molecule has 0 unspecified atom stereocenters. The first-order valence-electron chi connectivity index (χ1n) is 5.67. The molecule has 0 aliphatic carbocycles. The van der Waals surface area contributed by atoms with E-state index in [1.54, 1.807) is 12.4 Å². The van der Waals surface area contributed by atoms with Crippen LogP contribution < -0.4 is 10.5 Å². The zero-order chi connectivity index (χ0) is 11.7. The largest absolute Gasteiger partial charge is 0.493 e. The summed E-state index contributed by atoms with van der Waals surface area (Å²) in [5, 5.41) is 0. The van der Waals surface area contributed by atoms with E-state index in [9.17, 15) is 0 Å². The number of fused-ring (bicyclic) bond motifs is 1. The number of nitrogen functional groups attached to an aromatic ring is 1. The lowest BCUT2D eigenvalue weighted by atomic mass is 9.99. The van der Waals surface area contributed by atoms with Crippen molar-refractivity contribution in [2.75, 3.05) is 12.3 Å². The van der Waals surface area contributed by atoms with Crippen molar-refractivity contribution < 1.29 is 4.74 Å². The third kappa shape index (κ3) is 1.82. The Bertz CT molecular complexity index is 537. The van der Waals surface area contributed by atoms with Crippen LogP contribution in [0.15, 0.2) is 30.6 Å². The maximum atomic E-state index is 5.75.